The Bertz CT molecular complexity index is 2850. The van der Waals surface area contributed by atoms with Gasteiger partial charge in [-0.2, -0.15) is 18.3 Å². The highest BCUT2D eigenvalue weighted by Crippen LogP contribution is 2.34. The summed E-state index contributed by atoms with van der Waals surface area (Å²) in [6, 6.07) is 12.4. The van der Waals surface area contributed by atoms with E-state index in [1.165, 1.54) is 47.4 Å². The summed E-state index contributed by atoms with van der Waals surface area (Å²) < 4.78 is 50.2. The lowest BCUT2D eigenvalue weighted by molar-refractivity contribution is -0.136. The number of ether oxygens (including phenoxy) is 1. The van der Waals surface area contributed by atoms with Crippen LogP contribution < -0.4 is 37.1 Å². The molecule has 0 spiro atoms. The first-order chi connectivity index (χ1) is 34.6. The highest BCUT2D eigenvalue weighted by molar-refractivity contribution is 6.24. The molecule has 7 N–H and O–H groups in total. The van der Waals surface area contributed by atoms with Gasteiger partial charge in [0.05, 0.1) is 28.7 Å². The van der Waals surface area contributed by atoms with E-state index < -0.39 is 54.2 Å². The lowest BCUT2D eigenvalue weighted by Gasteiger charge is -2.27. The molecule has 3 aromatic heterocycles. The van der Waals surface area contributed by atoms with E-state index in [0.717, 1.165) is 69.0 Å². The number of carbonyl (C=O) groups is 8. The molecule has 378 valence electrons. The van der Waals surface area contributed by atoms with Gasteiger partial charge in [0, 0.05) is 36.8 Å². The van der Waals surface area contributed by atoms with Gasteiger partial charge in [-0.05, 0) is 67.8 Å². The number of fused-ring (bicyclic) bond motifs is 1. The van der Waals surface area contributed by atoms with E-state index in [-0.39, 0.29) is 82.5 Å². The van der Waals surface area contributed by atoms with Crippen LogP contribution >= 0.6 is 0 Å². The molecule has 2 aromatic carbocycles. The average molecular weight is 998 g/mol. The number of primary amides is 1. The molecule has 0 aliphatic carbocycles. The fourth-order valence-electron chi connectivity index (χ4n) is 7.91. The highest BCUT2D eigenvalue weighted by Gasteiger charge is 2.46. The first kappa shape index (κ1) is 51.4. The molecule has 5 aromatic rings. The molecule has 24 heteroatoms. The van der Waals surface area contributed by atoms with Crippen LogP contribution in [0, 0.1) is 0 Å². The molecular weight excluding hydrogens is 948 g/mol. The number of nitrogens with zero attached hydrogens (tertiary/aromatic N) is 5. The minimum atomic E-state index is -4.46. The lowest BCUT2D eigenvalue weighted by atomic mass is 10.0. The van der Waals surface area contributed by atoms with Crippen molar-refractivity contribution in [3.63, 3.8) is 0 Å². The molecule has 8 amide bonds. The largest absolute Gasteiger partial charge is 0.483 e. The van der Waals surface area contributed by atoms with Crippen molar-refractivity contribution >= 4 is 58.8 Å². The molecule has 0 saturated carbocycles. The number of unbranched alkanes of at least 4 members (excludes halogenated alkanes) is 8. The molecule has 7 rings (SSSR count). The number of hydrogen-bond donors (Lipinski definition) is 6. The maximum atomic E-state index is 13.2. The summed E-state index contributed by atoms with van der Waals surface area (Å²) in [5.41, 5.74) is 6.19. The van der Waals surface area contributed by atoms with Crippen molar-refractivity contribution in [1.82, 2.24) is 40.6 Å². The Kier molecular flexibility index (Phi) is 16.7. The summed E-state index contributed by atoms with van der Waals surface area (Å²) in [6.45, 7) is -0.729. The molecule has 5 heterocycles. The molecule has 1 saturated heterocycles. The minimum absolute atomic E-state index is 0.00141. The van der Waals surface area contributed by atoms with Crippen LogP contribution in [-0.4, -0.2) is 110 Å². The van der Waals surface area contributed by atoms with Crippen LogP contribution in [-0.2, 0) is 14.4 Å². The SMILES string of the molecule is NC(=O)c1nn(-c2ccc(C(=O)NCCCCCCCCCCCNC(=O)COc3cccc4c3C(=O)N(C3CCC(=O)NC3=O)C4=O)cc2)cc1NC(=O)c1coc(-c2ccnc(NCC(F)(F)F)c2)n1. The minimum Gasteiger partial charge on any atom is -0.483 e. The van der Waals surface area contributed by atoms with E-state index >= 15 is 0 Å². The van der Waals surface area contributed by atoms with Crippen LogP contribution in [0.2, 0.25) is 0 Å². The van der Waals surface area contributed by atoms with Crippen LogP contribution in [0.4, 0.5) is 24.7 Å². The number of imide groups is 2. The third-order valence-corrected chi connectivity index (χ3v) is 11.6. The number of aromatic nitrogens is 4. The molecular formula is C48H50F3N11O10. The van der Waals surface area contributed by atoms with Crippen LogP contribution in [0.15, 0.2) is 77.7 Å². The normalized spacial score (nSPS) is 14.4. The Labute approximate surface area is 408 Å². The molecule has 2 aliphatic rings. The molecule has 0 bridgehead atoms. The number of nitrogens with one attached hydrogen (secondary N) is 5. The summed E-state index contributed by atoms with van der Waals surface area (Å²) in [4.78, 5) is 110. The van der Waals surface area contributed by atoms with Gasteiger partial charge < -0.3 is 36.2 Å². The molecule has 2 aliphatic heterocycles. The van der Waals surface area contributed by atoms with Gasteiger partial charge >= 0.3 is 6.18 Å². The Balaban J connectivity index is 0.741. The summed E-state index contributed by atoms with van der Waals surface area (Å²) in [7, 11) is 0. The Morgan fingerprint density at radius 3 is 2.24 bits per heavy atom. The second kappa shape index (κ2) is 23.4. The number of pyridine rings is 1. The number of alkyl halides is 3. The van der Waals surface area contributed by atoms with Crippen molar-refractivity contribution in [2.24, 2.45) is 5.73 Å². The van der Waals surface area contributed by atoms with Gasteiger partial charge in [0.1, 0.15) is 30.4 Å². The molecule has 1 atom stereocenters. The van der Waals surface area contributed by atoms with Crippen LogP contribution in [0.1, 0.15) is 123 Å². The molecule has 1 unspecified atom stereocenters. The number of carbonyl (C=O) groups excluding carboxylic acids is 8. The van der Waals surface area contributed by atoms with E-state index in [1.54, 1.807) is 24.3 Å². The first-order valence-corrected chi connectivity index (χ1v) is 23.1. The monoisotopic (exact) mass is 997 g/mol. The lowest BCUT2D eigenvalue weighted by Crippen LogP contribution is -2.54. The summed E-state index contributed by atoms with van der Waals surface area (Å²) >= 11 is 0. The number of hydrogen-bond acceptors (Lipinski definition) is 14. The Morgan fingerprint density at radius 1 is 0.861 bits per heavy atom. The Hall–Kier alpha value is -8.44. The van der Waals surface area contributed by atoms with Gasteiger partial charge in [-0.15, -0.1) is 0 Å². The standard InChI is InChI=1S/C48H50F3N11O10/c49-48(50,51)27-56-36-23-29(19-22-53-36)45-58-33(25-72-45)43(67)57-32-24-61(60-40(32)41(52)65)30-15-13-28(14-16-30)42(66)55-21-9-7-5-3-1-2-4-6-8-20-54-38(64)26-71-35-12-10-11-31-39(35)47(70)62(46(31)69)34-17-18-37(63)59-44(34)68/h10-16,19,22-25,34H,1-9,17-18,20-21,26-27H2,(H2,52,65)(H,53,56)(H,54,64)(H,55,66)(H,57,67)(H,59,63,68). The van der Waals surface area contributed by atoms with E-state index in [1.807, 2.05) is 0 Å². The molecule has 1 fully saturated rings. The number of oxazole rings is 1. The van der Waals surface area contributed by atoms with Crippen molar-refractivity contribution in [3.8, 4) is 22.9 Å². The quantitative estimate of drug-likeness (QED) is 0.0347. The number of benzene rings is 2. The molecule has 0 radical (unpaired) electrons. The van der Waals surface area contributed by atoms with Gasteiger partial charge in [-0.25, -0.2) is 14.6 Å². The second-order valence-electron chi connectivity index (χ2n) is 16.8. The maximum Gasteiger partial charge on any atom is 0.405 e. The van der Waals surface area contributed by atoms with Gasteiger partial charge in [0.25, 0.3) is 35.4 Å². The van der Waals surface area contributed by atoms with Crippen molar-refractivity contribution < 1.29 is 60.7 Å². The van der Waals surface area contributed by atoms with Crippen LogP contribution in [0.25, 0.3) is 17.1 Å². The number of halogens is 3. The number of nitrogens with two attached hydrogens (primary N) is 1. The fraction of sp³-hybridized carbons (Fsp3) is 0.354. The Morgan fingerprint density at radius 2 is 1.56 bits per heavy atom. The number of anilines is 2. The summed E-state index contributed by atoms with van der Waals surface area (Å²) in [6.07, 6.45) is 7.83. The second-order valence-corrected chi connectivity index (χ2v) is 16.8. The average Bonchev–Trinajstić information content (AvgIpc) is 4.09. The van der Waals surface area contributed by atoms with E-state index in [2.05, 4.69) is 41.7 Å². The van der Waals surface area contributed by atoms with Gasteiger partial charge in [0.2, 0.25) is 17.7 Å². The van der Waals surface area contributed by atoms with Crippen molar-refractivity contribution in [1.29, 1.82) is 0 Å². The summed E-state index contributed by atoms with van der Waals surface area (Å²) in [5, 5.41) is 16.8. The van der Waals surface area contributed by atoms with Gasteiger partial charge in [-0.3, -0.25) is 48.6 Å². The highest BCUT2D eigenvalue weighted by atomic mass is 19.4. The smallest absolute Gasteiger partial charge is 0.405 e. The first-order valence-electron chi connectivity index (χ1n) is 23.1. The van der Waals surface area contributed by atoms with Gasteiger partial charge in [-0.1, -0.05) is 51.0 Å². The van der Waals surface area contributed by atoms with Crippen molar-refractivity contribution in [2.75, 3.05) is 36.9 Å². The topological polar surface area (TPSA) is 292 Å². The van der Waals surface area contributed by atoms with E-state index in [4.69, 9.17) is 14.9 Å². The van der Waals surface area contributed by atoms with E-state index in [0.29, 0.717) is 24.3 Å². The van der Waals surface area contributed by atoms with Crippen molar-refractivity contribution in [3.05, 3.63) is 101 Å². The predicted molar refractivity (Wildman–Crippen MR) is 250 cm³/mol. The number of rotatable bonds is 24. The third-order valence-electron chi connectivity index (χ3n) is 11.6. The van der Waals surface area contributed by atoms with E-state index in [9.17, 15) is 51.5 Å². The maximum absolute atomic E-state index is 13.2. The summed E-state index contributed by atoms with van der Waals surface area (Å²) in [5.74, 6) is -5.02. The zero-order valence-electron chi connectivity index (χ0n) is 38.6. The van der Waals surface area contributed by atoms with Crippen molar-refractivity contribution in [2.45, 2.75) is 82.8 Å². The molecule has 72 heavy (non-hydrogen) atoms. The molecule has 21 nitrogen and oxygen atoms in total. The zero-order valence-corrected chi connectivity index (χ0v) is 38.6. The zero-order chi connectivity index (χ0) is 51.4. The predicted octanol–water partition coefficient (Wildman–Crippen LogP) is 5.08. The number of amides is 8. The third kappa shape index (κ3) is 13.2. The van der Waals surface area contributed by atoms with Crippen LogP contribution in [0.3, 0.4) is 0 Å². The fourth-order valence-corrected chi connectivity index (χ4v) is 7.91. The van der Waals surface area contributed by atoms with Gasteiger partial charge in [0.15, 0.2) is 18.0 Å². The number of piperidine rings is 1. The van der Waals surface area contributed by atoms with Crippen LogP contribution in [0.5, 0.6) is 5.75 Å².